The standard InChI is InChI=1S/C15H15FO/c1-11(12-7-9-13(16)10-8-12)14-5-3-4-6-15(14)17-2/h3-11H,1-2H3. The van der Waals surface area contributed by atoms with E-state index in [-0.39, 0.29) is 11.7 Å². The van der Waals surface area contributed by atoms with E-state index >= 15 is 0 Å². The number of para-hydroxylation sites is 1. The molecule has 0 radical (unpaired) electrons. The second-order valence-electron chi connectivity index (χ2n) is 4.02. The van der Waals surface area contributed by atoms with Crippen LogP contribution in [-0.2, 0) is 0 Å². The van der Waals surface area contributed by atoms with Gasteiger partial charge in [0.2, 0.25) is 0 Å². The van der Waals surface area contributed by atoms with Crippen LogP contribution in [0.3, 0.4) is 0 Å². The number of methoxy groups -OCH3 is 1. The molecule has 2 aromatic rings. The predicted molar refractivity (Wildman–Crippen MR) is 66.9 cm³/mol. The SMILES string of the molecule is COc1ccccc1C(C)c1ccc(F)cc1. The molecule has 17 heavy (non-hydrogen) atoms. The van der Waals surface area contributed by atoms with Crippen LogP contribution in [-0.4, -0.2) is 7.11 Å². The van der Waals surface area contributed by atoms with Crippen LogP contribution >= 0.6 is 0 Å². The third kappa shape index (κ3) is 2.47. The molecular weight excluding hydrogens is 215 g/mol. The molecule has 0 N–H and O–H groups in total. The van der Waals surface area contributed by atoms with E-state index in [1.165, 1.54) is 12.1 Å². The van der Waals surface area contributed by atoms with Crippen LogP contribution in [0.25, 0.3) is 0 Å². The third-order valence-corrected chi connectivity index (χ3v) is 2.98. The number of rotatable bonds is 3. The summed E-state index contributed by atoms with van der Waals surface area (Å²) in [6, 6.07) is 14.5. The Labute approximate surface area is 101 Å². The molecule has 0 aliphatic carbocycles. The van der Waals surface area contributed by atoms with Gasteiger partial charge in [0.1, 0.15) is 11.6 Å². The smallest absolute Gasteiger partial charge is 0.123 e. The maximum absolute atomic E-state index is 12.9. The molecule has 0 saturated carbocycles. The summed E-state index contributed by atoms with van der Waals surface area (Å²) in [7, 11) is 1.66. The summed E-state index contributed by atoms with van der Waals surface area (Å²) in [5.41, 5.74) is 2.19. The van der Waals surface area contributed by atoms with Crippen LogP contribution < -0.4 is 4.74 Å². The Bertz CT molecular complexity index is 491. The molecule has 2 rings (SSSR count). The first-order chi connectivity index (χ1) is 8.22. The summed E-state index contributed by atoms with van der Waals surface area (Å²) in [6.07, 6.45) is 0. The molecule has 2 aromatic carbocycles. The first-order valence-corrected chi connectivity index (χ1v) is 5.60. The molecule has 88 valence electrons. The van der Waals surface area contributed by atoms with Crippen LogP contribution in [0.1, 0.15) is 24.0 Å². The quantitative estimate of drug-likeness (QED) is 0.774. The lowest BCUT2D eigenvalue weighted by molar-refractivity contribution is 0.408. The van der Waals surface area contributed by atoms with Gasteiger partial charge >= 0.3 is 0 Å². The highest BCUT2D eigenvalue weighted by molar-refractivity contribution is 5.41. The van der Waals surface area contributed by atoms with Crippen molar-refractivity contribution >= 4 is 0 Å². The summed E-state index contributed by atoms with van der Waals surface area (Å²) in [5, 5.41) is 0. The number of hydrogen-bond acceptors (Lipinski definition) is 1. The van der Waals surface area contributed by atoms with Crippen molar-refractivity contribution in [2.45, 2.75) is 12.8 Å². The van der Waals surface area contributed by atoms with Crippen LogP contribution in [0.5, 0.6) is 5.75 Å². The lowest BCUT2D eigenvalue weighted by atomic mass is 9.92. The van der Waals surface area contributed by atoms with E-state index < -0.39 is 0 Å². The molecule has 1 atom stereocenters. The number of halogens is 1. The maximum atomic E-state index is 12.9. The van der Waals surface area contributed by atoms with Crippen molar-refractivity contribution in [3.05, 3.63) is 65.5 Å². The molecule has 0 aliphatic rings. The van der Waals surface area contributed by atoms with Crippen molar-refractivity contribution in [2.24, 2.45) is 0 Å². The molecule has 1 nitrogen and oxygen atoms in total. The van der Waals surface area contributed by atoms with E-state index in [1.54, 1.807) is 7.11 Å². The summed E-state index contributed by atoms with van der Waals surface area (Å²) in [5.74, 6) is 0.844. The zero-order valence-electron chi connectivity index (χ0n) is 9.98. The van der Waals surface area contributed by atoms with Crippen LogP contribution in [0.15, 0.2) is 48.5 Å². The molecule has 0 spiro atoms. The maximum Gasteiger partial charge on any atom is 0.123 e. The molecule has 0 bridgehead atoms. The topological polar surface area (TPSA) is 9.23 Å². The van der Waals surface area contributed by atoms with E-state index in [9.17, 15) is 4.39 Å². The highest BCUT2D eigenvalue weighted by Crippen LogP contribution is 2.31. The highest BCUT2D eigenvalue weighted by atomic mass is 19.1. The normalized spacial score (nSPS) is 12.2. The van der Waals surface area contributed by atoms with Gasteiger partial charge in [-0.3, -0.25) is 0 Å². The van der Waals surface area contributed by atoms with E-state index in [0.29, 0.717) is 0 Å². The van der Waals surface area contributed by atoms with Crippen molar-refractivity contribution in [3.63, 3.8) is 0 Å². The van der Waals surface area contributed by atoms with Gasteiger partial charge in [0.05, 0.1) is 7.11 Å². The van der Waals surface area contributed by atoms with Gasteiger partial charge in [-0.25, -0.2) is 4.39 Å². The lowest BCUT2D eigenvalue weighted by Crippen LogP contribution is -1.99. The van der Waals surface area contributed by atoms with Gasteiger partial charge in [-0.05, 0) is 23.8 Å². The Morgan fingerprint density at radius 1 is 1.00 bits per heavy atom. The summed E-state index contributed by atoms with van der Waals surface area (Å²) in [6.45, 7) is 2.09. The minimum atomic E-state index is -0.207. The fourth-order valence-corrected chi connectivity index (χ4v) is 1.96. The van der Waals surface area contributed by atoms with Gasteiger partial charge in [0, 0.05) is 11.5 Å². The second-order valence-corrected chi connectivity index (χ2v) is 4.02. The molecule has 2 heteroatoms. The minimum absolute atomic E-state index is 0.187. The first-order valence-electron chi connectivity index (χ1n) is 5.60. The Morgan fingerprint density at radius 2 is 1.65 bits per heavy atom. The Kier molecular flexibility index (Phi) is 3.43. The molecule has 1 unspecified atom stereocenters. The van der Waals surface area contributed by atoms with Crippen LogP contribution in [0.2, 0.25) is 0 Å². The predicted octanol–water partition coefficient (Wildman–Crippen LogP) is 3.99. The van der Waals surface area contributed by atoms with Crippen molar-refractivity contribution in [3.8, 4) is 5.75 Å². The monoisotopic (exact) mass is 230 g/mol. The minimum Gasteiger partial charge on any atom is -0.496 e. The van der Waals surface area contributed by atoms with Crippen molar-refractivity contribution in [1.29, 1.82) is 0 Å². The first kappa shape index (κ1) is 11.6. The average molecular weight is 230 g/mol. The number of benzene rings is 2. The molecule has 0 aromatic heterocycles. The van der Waals surface area contributed by atoms with E-state index in [2.05, 4.69) is 6.92 Å². The van der Waals surface area contributed by atoms with Gasteiger partial charge in [-0.2, -0.15) is 0 Å². The zero-order chi connectivity index (χ0) is 12.3. The van der Waals surface area contributed by atoms with Gasteiger partial charge < -0.3 is 4.74 Å². The molecule has 0 fully saturated rings. The zero-order valence-corrected chi connectivity index (χ0v) is 9.98. The Morgan fingerprint density at radius 3 is 2.29 bits per heavy atom. The second kappa shape index (κ2) is 5.00. The van der Waals surface area contributed by atoms with Crippen LogP contribution in [0.4, 0.5) is 4.39 Å². The van der Waals surface area contributed by atoms with Crippen molar-refractivity contribution in [1.82, 2.24) is 0 Å². The van der Waals surface area contributed by atoms with Crippen molar-refractivity contribution < 1.29 is 9.13 Å². The number of ether oxygens (including phenoxy) is 1. The van der Waals surface area contributed by atoms with Gasteiger partial charge in [-0.15, -0.1) is 0 Å². The molecule has 0 aliphatic heterocycles. The van der Waals surface area contributed by atoms with E-state index in [4.69, 9.17) is 4.74 Å². The average Bonchev–Trinajstić information content (AvgIpc) is 2.39. The largest absolute Gasteiger partial charge is 0.496 e. The molecular formula is C15H15FO. The summed E-state index contributed by atoms with van der Waals surface area (Å²) < 4.78 is 18.2. The summed E-state index contributed by atoms with van der Waals surface area (Å²) in [4.78, 5) is 0. The van der Waals surface area contributed by atoms with Gasteiger partial charge in [0.15, 0.2) is 0 Å². The summed E-state index contributed by atoms with van der Waals surface area (Å²) >= 11 is 0. The van der Waals surface area contributed by atoms with E-state index in [1.807, 2.05) is 36.4 Å². The highest BCUT2D eigenvalue weighted by Gasteiger charge is 2.12. The van der Waals surface area contributed by atoms with Gasteiger partial charge in [-0.1, -0.05) is 37.3 Å². The fraction of sp³-hybridized carbons (Fsp3) is 0.200. The molecule has 0 heterocycles. The van der Waals surface area contributed by atoms with E-state index in [0.717, 1.165) is 16.9 Å². The van der Waals surface area contributed by atoms with Gasteiger partial charge in [0.25, 0.3) is 0 Å². The molecule has 0 saturated heterocycles. The lowest BCUT2D eigenvalue weighted by Gasteiger charge is -2.15. The number of hydrogen-bond donors (Lipinski definition) is 0. The third-order valence-electron chi connectivity index (χ3n) is 2.98. The van der Waals surface area contributed by atoms with Crippen molar-refractivity contribution in [2.75, 3.05) is 7.11 Å². The van der Waals surface area contributed by atoms with Crippen LogP contribution in [0, 0.1) is 5.82 Å². The Balaban J connectivity index is 2.36. The Hall–Kier alpha value is -1.83. The molecule has 0 amide bonds. The fourth-order valence-electron chi connectivity index (χ4n) is 1.96.